The largest absolute Gasteiger partial charge is 0.328 e. The Morgan fingerprint density at radius 1 is 1.29 bits per heavy atom. The number of hydrogen-bond donors (Lipinski definition) is 1. The summed E-state index contributed by atoms with van der Waals surface area (Å²) in [4.78, 5) is 4.41. The van der Waals surface area contributed by atoms with E-state index >= 15 is 0 Å². The zero-order chi connectivity index (χ0) is 12.0. The van der Waals surface area contributed by atoms with Crippen LogP contribution in [0.4, 0.5) is 0 Å². The number of nitrogens with zero attached hydrogens (tertiary/aromatic N) is 4. The zero-order valence-electron chi connectivity index (χ0n) is 10.2. The minimum atomic E-state index is 0.311. The Balaban J connectivity index is 2.11. The van der Waals surface area contributed by atoms with Crippen LogP contribution in [0.2, 0.25) is 0 Å². The molecule has 1 aliphatic carbocycles. The van der Waals surface area contributed by atoms with Gasteiger partial charge in [-0.05, 0) is 39.2 Å². The second-order valence-corrected chi connectivity index (χ2v) is 5.00. The van der Waals surface area contributed by atoms with E-state index in [1.54, 1.807) is 0 Å². The Labute approximate surface area is 100 Å². The third-order valence-electron chi connectivity index (χ3n) is 3.56. The molecule has 0 aliphatic heterocycles. The minimum Gasteiger partial charge on any atom is -0.328 e. The van der Waals surface area contributed by atoms with E-state index in [2.05, 4.69) is 32.6 Å². The van der Waals surface area contributed by atoms with Crippen LogP contribution in [0.5, 0.6) is 0 Å². The number of rotatable bonds is 1. The average Bonchev–Trinajstić information content (AvgIpc) is 2.83. The van der Waals surface area contributed by atoms with E-state index in [1.165, 1.54) is 0 Å². The number of nitrogens with two attached hydrogens (primary N) is 1. The molecular weight excluding hydrogens is 214 g/mol. The van der Waals surface area contributed by atoms with Crippen molar-refractivity contribution in [2.75, 3.05) is 0 Å². The molecule has 0 amide bonds. The SMILES string of the molecule is Cc1cc(C)n2c(C3CCC(N)C3)nnc2n1. The number of aromatic nitrogens is 4. The van der Waals surface area contributed by atoms with Gasteiger partial charge in [0.15, 0.2) is 0 Å². The molecule has 2 aromatic rings. The molecule has 0 radical (unpaired) electrons. The van der Waals surface area contributed by atoms with E-state index in [9.17, 15) is 0 Å². The molecule has 0 spiro atoms. The molecule has 1 aliphatic rings. The molecule has 0 aromatic carbocycles. The highest BCUT2D eigenvalue weighted by atomic mass is 15.3. The highest BCUT2D eigenvalue weighted by Gasteiger charge is 2.27. The highest BCUT2D eigenvalue weighted by Crippen LogP contribution is 2.32. The zero-order valence-corrected chi connectivity index (χ0v) is 10.2. The molecule has 5 heteroatoms. The summed E-state index contributed by atoms with van der Waals surface area (Å²) in [6.45, 7) is 4.05. The van der Waals surface area contributed by atoms with Gasteiger partial charge in [-0.25, -0.2) is 4.98 Å². The molecule has 17 heavy (non-hydrogen) atoms. The molecule has 90 valence electrons. The Kier molecular flexibility index (Phi) is 2.36. The third kappa shape index (κ3) is 1.70. The van der Waals surface area contributed by atoms with Gasteiger partial charge in [0.2, 0.25) is 0 Å². The molecule has 1 saturated carbocycles. The lowest BCUT2D eigenvalue weighted by molar-refractivity contribution is 0.633. The fourth-order valence-electron chi connectivity index (χ4n) is 2.77. The average molecular weight is 231 g/mol. The number of hydrogen-bond acceptors (Lipinski definition) is 4. The summed E-state index contributed by atoms with van der Waals surface area (Å²) in [5.74, 6) is 2.17. The Morgan fingerprint density at radius 3 is 2.82 bits per heavy atom. The summed E-state index contributed by atoms with van der Waals surface area (Å²) in [7, 11) is 0. The standard InChI is InChI=1S/C12H17N5/c1-7-5-8(2)17-11(15-16-12(17)14-7)9-3-4-10(13)6-9/h5,9-10H,3-4,6,13H2,1-2H3. The fraction of sp³-hybridized carbons (Fsp3) is 0.583. The lowest BCUT2D eigenvalue weighted by Crippen LogP contribution is -2.15. The van der Waals surface area contributed by atoms with E-state index < -0.39 is 0 Å². The summed E-state index contributed by atoms with van der Waals surface area (Å²) in [6.07, 6.45) is 3.20. The van der Waals surface area contributed by atoms with Gasteiger partial charge in [0.05, 0.1) is 0 Å². The van der Waals surface area contributed by atoms with Crippen LogP contribution >= 0.6 is 0 Å². The smallest absolute Gasteiger partial charge is 0.255 e. The Bertz CT molecular complexity index is 559. The molecule has 2 heterocycles. The maximum Gasteiger partial charge on any atom is 0.255 e. The fourth-order valence-corrected chi connectivity index (χ4v) is 2.77. The summed E-state index contributed by atoms with van der Waals surface area (Å²) in [5.41, 5.74) is 8.09. The van der Waals surface area contributed by atoms with E-state index in [1.807, 2.05) is 6.92 Å². The third-order valence-corrected chi connectivity index (χ3v) is 3.56. The van der Waals surface area contributed by atoms with E-state index in [4.69, 9.17) is 5.73 Å². The molecule has 1 fully saturated rings. The van der Waals surface area contributed by atoms with Crippen LogP contribution in [0.1, 0.15) is 42.4 Å². The lowest BCUT2D eigenvalue weighted by atomic mass is 10.1. The number of aryl methyl sites for hydroxylation is 2. The van der Waals surface area contributed by atoms with E-state index in [0.29, 0.717) is 17.7 Å². The van der Waals surface area contributed by atoms with Gasteiger partial charge in [-0.1, -0.05) is 0 Å². The van der Waals surface area contributed by atoms with Gasteiger partial charge in [0.1, 0.15) is 5.82 Å². The van der Waals surface area contributed by atoms with Crippen LogP contribution < -0.4 is 5.73 Å². The Morgan fingerprint density at radius 2 is 2.12 bits per heavy atom. The van der Waals surface area contributed by atoms with Gasteiger partial charge < -0.3 is 5.73 Å². The van der Waals surface area contributed by atoms with Crippen LogP contribution in [-0.4, -0.2) is 25.6 Å². The van der Waals surface area contributed by atoms with Gasteiger partial charge in [-0.15, -0.1) is 10.2 Å². The predicted molar refractivity (Wildman–Crippen MR) is 64.8 cm³/mol. The first-order valence-electron chi connectivity index (χ1n) is 6.10. The van der Waals surface area contributed by atoms with Gasteiger partial charge in [0.25, 0.3) is 5.78 Å². The first-order chi connectivity index (χ1) is 8.15. The van der Waals surface area contributed by atoms with Gasteiger partial charge in [-0.3, -0.25) is 4.40 Å². The van der Waals surface area contributed by atoms with E-state index in [-0.39, 0.29) is 0 Å². The van der Waals surface area contributed by atoms with Crippen molar-refractivity contribution < 1.29 is 0 Å². The Hall–Kier alpha value is -1.49. The van der Waals surface area contributed by atoms with Crippen molar-refractivity contribution >= 4 is 5.78 Å². The van der Waals surface area contributed by atoms with Crippen molar-refractivity contribution in [1.82, 2.24) is 19.6 Å². The molecule has 5 nitrogen and oxygen atoms in total. The predicted octanol–water partition coefficient (Wildman–Crippen LogP) is 1.34. The molecule has 2 unspecified atom stereocenters. The maximum absolute atomic E-state index is 5.96. The van der Waals surface area contributed by atoms with E-state index in [0.717, 1.165) is 36.5 Å². The normalized spacial score (nSPS) is 24.6. The van der Waals surface area contributed by atoms with Gasteiger partial charge in [-0.2, -0.15) is 0 Å². The maximum atomic E-state index is 5.96. The van der Waals surface area contributed by atoms with Crippen LogP contribution in [0.25, 0.3) is 5.78 Å². The first-order valence-corrected chi connectivity index (χ1v) is 6.10. The van der Waals surface area contributed by atoms with Crippen molar-refractivity contribution in [1.29, 1.82) is 0 Å². The van der Waals surface area contributed by atoms with Crippen molar-refractivity contribution in [2.45, 2.75) is 45.1 Å². The highest BCUT2D eigenvalue weighted by molar-refractivity contribution is 5.33. The van der Waals surface area contributed by atoms with Crippen molar-refractivity contribution in [3.05, 3.63) is 23.3 Å². The molecule has 0 saturated heterocycles. The van der Waals surface area contributed by atoms with Gasteiger partial charge in [0, 0.05) is 23.3 Å². The minimum absolute atomic E-state index is 0.311. The van der Waals surface area contributed by atoms with Crippen LogP contribution in [0, 0.1) is 13.8 Å². The van der Waals surface area contributed by atoms with Crippen molar-refractivity contribution in [3.8, 4) is 0 Å². The molecule has 0 bridgehead atoms. The molecular formula is C12H17N5. The van der Waals surface area contributed by atoms with Crippen LogP contribution in [0.3, 0.4) is 0 Å². The van der Waals surface area contributed by atoms with Crippen molar-refractivity contribution in [3.63, 3.8) is 0 Å². The van der Waals surface area contributed by atoms with Crippen LogP contribution in [-0.2, 0) is 0 Å². The van der Waals surface area contributed by atoms with Crippen molar-refractivity contribution in [2.24, 2.45) is 5.73 Å². The summed E-state index contributed by atoms with van der Waals surface area (Å²) < 4.78 is 2.07. The topological polar surface area (TPSA) is 69.1 Å². The second kappa shape index (κ2) is 3.77. The summed E-state index contributed by atoms with van der Waals surface area (Å²) in [5, 5.41) is 8.48. The lowest BCUT2D eigenvalue weighted by Gasteiger charge is -2.09. The van der Waals surface area contributed by atoms with Crippen LogP contribution in [0.15, 0.2) is 6.07 Å². The molecule has 2 aromatic heterocycles. The quantitative estimate of drug-likeness (QED) is 0.804. The van der Waals surface area contributed by atoms with Gasteiger partial charge >= 0.3 is 0 Å². The summed E-state index contributed by atoms with van der Waals surface area (Å²) in [6, 6.07) is 2.38. The second-order valence-electron chi connectivity index (χ2n) is 5.00. The molecule has 2 N–H and O–H groups in total. The number of fused-ring (bicyclic) bond motifs is 1. The first kappa shape index (κ1) is 10.7. The molecule has 3 rings (SSSR count). The monoisotopic (exact) mass is 231 g/mol. The summed E-state index contributed by atoms with van der Waals surface area (Å²) >= 11 is 0. The molecule has 2 atom stereocenters.